The summed E-state index contributed by atoms with van der Waals surface area (Å²) in [6.07, 6.45) is 2.22. The van der Waals surface area contributed by atoms with Crippen LogP contribution < -0.4 is 4.90 Å². The van der Waals surface area contributed by atoms with Gasteiger partial charge in [0.05, 0.1) is 12.3 Å². The smallest absolute Gasteiger partial charge is 0.150 e. The maximum atomic E-state index is 13.6. The Balaban J connectivity index is 2.99. The van der Waals surface area contributed by atoms with Gasteiger partial charge in [0, 0.05) is 18.7 Å². The molecule has 0 aliphatic heterocycles. The molecule has 4 heteroatoms. The summed E-state index contributed by atoms with van der Waals surface area (Å²) in [6.45, 7) is 4.27. The summed E-state index contributed by atoms with van der Waals surface area (Å²) in [5.41, 5.74) is 0.656. The van der Waals surface area contributed by atoms with Gasteiger partial charge < -0.3 is 10.0 Å². The quantitative estimate of drug-likeness (QED) is 0.588. The van der Waals surface area contributed by atoms with E-state index in [0.717, 1.165) is 0 Å². The topological polar surface area (TPSA) is 40.5 Å². The number of rotatable bonds is 6. The van der Waals surface area contributed by atoms with Gasteiger partial charge in [0.25, 0.3) is 0 Å². The number of aliphatic hydroxyl groups excluding tert-OH is 1. The van der Waals surface area contributed by atoms with Crippen LogP contribution in [0.1, 0.15) is 10.4 Å². The second-order valence-corrected chi connectivity index (χ2v) is 3.29. The van der Waals surface area contributed by atoms with Gasteiger partial charge in [-0.2, -0.15) is 0 Å². The lowest BCUT2D eigenvalue weighted by molar-refractivity contribution is 0.112. The molecule has 1 aromatic rings. The minimum Gasteiger partial charge on any atom is -0.395 e. The first-order chi connectivity index (χ1) is 7.72. The van der Waals surface area contributed by atoms with Gasteiger partial charge in [-0.05, 0) is 18.2 Å². The number of aldehydes is 1. The van der Waals surface area contributed by atoms with E-state index in [1.54, 1.807) is 17.0 Å². The number of benzene rings is 1. The molecule has 0 aliphatic rings. The number of hydrogen-bond acceptors (Lipinski definition) is 3. The summed E-state index contributed by atoms with van der Waals surface area (Å²) >= 11 is 0. The Morgan fingerprint density at radius 3 is 2.75 bits per heavy atom. The Kier molecular flexibility index (Phi) is 4.66. The molecule has 0 aliphatic carbocycles. The van der Waals surface area contributed by atoms with E-state index in [-0.39, 0.29) is 6.61 Å². The Morgan fingerprint density at radius 2 is 2.25 bits per heavy atom. The molecule has 1 rings (SSSR count). The van der Waals surface area contributed by atoms with Crippen molar-refractivity contribution in [2.75, 3.05) is 24.6 Å². The molecule has 0 saturated heterocycles. The van der Waals surface area contributed by atoms with E-state index in [1.807, 2.05) is 0 Å². The standard InChI is InChI=1S/C12H14FNO2/c1-2-5-14(6-7-15)12-4-3-10(9-16)8-11(12)13/h2-4,8-9,15H,1,5-7H2. The molecular formula is C12H14FNO2. The lowest BCUT2D eigenvalue weighted by atomic mass is 10.2. The molecular weight excluding hydrogens is 209 g/mol. The van der Waals surface area contributed by atoms with E-state index in [0.29, 0.717) is 30.6 Å². The van der Waals surface area contributed by atoms with Crippen LogP contribution in [-0.4, -0.2) is 31.1 Å². The van der Waals surface area contributed by atoms with Crippen molar-refractivity contribution in [1.82, 2.24) is 0 Å². The maximum absolute atomic E-state index is 13.6. The van der Waals surface area contributed by atoms with Crippen LogP contribution in [0.15, 0.2) is 30.9 Å². The highest BCUT2D eigenvalue weighted by atomic mass is 19.1. The van der Waals surface area contributed by atoms with E-state index >= 15 is 0 Å². The molecule has 0 amide bonds. The van der Waals surface area contributed by atoms with E-state index in [9.17, 15) is 9.18 Å². The zero-order valence-electron chi connectivity index (χ0n) is 8.90. The summed E-state index contributed by atoms with van der Waals surface area (Å²) in [6, 6.07) is 4.24. The fourth-order valence-corrected chi connectivity index (χ4v) is 1.44. The first-order valence-electron chi connectivity index (χ1n) is 4.94. The second-order valence-electron chi connectivity index (χ2n) is 3.29. The highest BCUT2D eigenvalue weighted by molar-refractivity contribution is 5.76. The van der Waals surface area contributed by atoms with Crippen LogP contribution in [0.3, 0.4) is 0 Å². The monoisotopic (exact) mass is 223 g/mol. The van der Waals surface area contributed by atoms with Gasteiger partial charge in [0.15, 0.2) is 0 Å². The number of nitrogens with zero attached hydrogens (tertiary/aromatic N) is 1. The van der Waals surface area contributed by atoms with Crippen molar-refractivity contribution in [2.45, 2.75) is 0 Å². The van der Waals surface area contributed by atoms with Crippen molar-refractivity contribution < 1.29 is 14.3 Å². The third-order valence-electron chi connectivity index (χ3n) is 2.17. The number of aliphatic hydroxyl groups is 1. The van der Waals surface area contributed by atoms with Gasteiger partial charge in [-0.25, -0.2) is 4.39 Å². The zero-order chi connectivity index (χ0) is 12.0. The van der Waals surface area contributed by atoms with Crippen LogP contribution >= 0.6 is 0 Å². The average Bonchev–Trinajstić information content (AvgIpc) is 2.29. The van der Waals surface area contributed by atoms with Crippen molar-refractivity contribution in [2.24, 2.45) is 0 Å². The predicted octanol–water partition coefficient (Wildman–Crippen LogP) is 1.62. The molecule has 0 unspecified atom stereocenters. The van der Waals surface area contributed by atoms with Gasteiger partial charge in [0.2, 0.25) is 0 Å². The molecule has 86 valence electrons. The van der Waals surface area contributed by atoms with Crippen molar-refractivity contribution in [1.29, 1.82) is 0 Å². The van der Waals surface area contributed by atoms with Gasteiger partial charge in [-0.15, -0.1) is 6.58 Å². The summed E-state index contributed by atoms with van der Waals surface area (Å²) < 4.78 is 13.6. The number of hydrogen-bond donors (Lipinski definition) is 1. The highest BCUT2D eigenvalue weighted by Crippen LogP contribution is 2.19. The minimum absolute atomic E-state index is 0.0668. The molecule has 0 saturated carbocycles. The zero-order valence-corrected chi connectivity index (χ0v) is 8.90. The average molecular weight is 223 g/mol. The molecule has 0 heterocycles. The largest absolute Gasteiger partial charge is 0.395 e. The van der Waals surface area contributed by atoms with E-state index in [1.165, 1.54) is 12.1 Å². The Morgan fingerprint density at radius 1 is 1.50 bits per heavy atom. The fraction of sp³-hybridized carbons (Fsp3) is 0.250. The van der Waals surface area contributed by atoms with E-state index < -0.39 is 5.82 Å². The normalized spacial score (nSPS) is 9.88. The molecule has 0 radical (unpaired) electrons. The Hall–Kier alpha value is -1.68. The summed E-state index contributed by atoms with van der Waals surface area (Å²) in [5, 5.41) is 8.86. The van der Waals surface area contributed by atoms with Crippen molar-refractivity contribution >= 4 is 12.0 Å². The summed E-state index contributed by atoms with van der Waals surface area (Å²) in [5.74, 6) is -0.472. The first kappa shape index (κ1) is 12.4. The number of anilines is 1. The molecule has 3 nitrogen and oxygen atoms in total. The predicted molar refractivity (Wildman–Crippen MR) is 61.3 cm³/mol. The number of carbonyl (C=O) groups excluding carboxylic acids is 1. The minimum atomic E-state index is -0.472. The number of carbonyl (C=O) groups is 1. The molecule has 0 atom stereocenters. The lowest BCUT2D eigenvalue weighted by Gasteiger charge is -2.22. The molecule has 0 bridgehead atoms. The SMILES string of the molecule is C=CCN(CCO)c1ccc(C=O)cc1F. The van der Waals surface area contributed by atoms with Crippen LogP contribution in [0.5, 0.6) is 0 Å². The van der Waals surface area contributed by atoms with Crippen LogP contribution in [0.25, 0.3) is 0 Å². The molecule has 16 heavy (non-hydrogen) atoms. The van der Waals surface area contributed by atoms with Crippen molar-refractivity contribution in [3.05, 3.63) is 42.2 Å². The van der Waals surface area contributed by atoms with Gasteiger partial charge in [-0.1, -0.05) is 6.08 Å². The van der Waals surface area contributed by atoms with Crippen molar-refractivity contribution in [3.63, 3.8) is 0 Å². The van der Waals surface area contributed by atoms with Gasteiger partial charge in [0.1, 0.15) is 12.1 Å². The summed E-state index contributed by atoms with van der Waals surface area (Å²) in [4.78, 5) is 12.1. The molecule has 1 aromatic carbocycles. The van der Waals surface area contributed by atoms with Crippen LogP contribution in [0, 0.1) is 5.82 Å². The lowest BCUT2D eigenvalue weighted by Crippen LogP contribution is -2.27. The molecule has 1 N–H and O–H groups in total. The van der Waals surface area contributed by atoms with E-state index in [2.05, 4.69) is 6.58 Å². The maximum Gasteiger partial charge on any atom is 0.150 e. The van der Waals surface area contributed by atoms with Crippen LogP contribution in [0.4, 0.5) is 10.1 Å². The number of halogens is 1. The first-order valence-corrected chi connectivity index (χ1v) is 4.94. The third kappa shape index (κ3) is 2.90. The van der Waals surface area contributed by atoms with E-state index in [4.69, 9.17) is 5.11 Å². The highest BCUT2D eigenvalue weighted by Gasteiger charge is 2.10. The fourth-order valence-electron chi connectivity index (χ4n) is 1.44. The second kappa shape index (κ2) is 6.02. The van der Waals surface area contributed by atoms with Crippen LogP contribution in [0.2, 0.25) is 0 Å². The molecule has 0 spiro atoms. The Labute approximate surface area is 93.8 Å². The molecule has 0 fully saturated rings. The Bertz CT molecular complexity index is 379. The third-order valence-corrected chi connectivity index (χ3v) is 2.17. The molecule has 0 aromatic heterocycles. The summed E-state index contributed by atoms with van der Waals surface area (Å²) in [7, 11) is 0. The van der Waals surface area contributed by atoms with Gasteiger partial charge >= 0.3 is 0 Å². The van der Waals surface area contributed by atoms with Gasteiger partial charge in [-0.3, -0.25) is 4.79 Å². The van der Waals surface area contributed by atoms with Crippen LogP contribution in [-0.2, 0) is 0 Å². The van der Waals surface area contributed by atoms with Crippen molar-refractivity contribution in [3.8, 4) is 0 Å².